The molecule has 2 aromatic heterocycles. The normalized spacial score (nSPS) is 10.4. The predicted octanol–water partition coefficient (Wildman–Crippen LogP) is 0.799. The van der Waals surface area contributed by atoms with Crippen LogP contribution in [0.4, 0.5) is 0 Å². The number of aromatic nitrogens is 2. The zero-order chi connectivity index (χ0) is 10.1. The van der Waals surface area contributed by atoms with Gasteiger partial charge in [-0.1, -0.05) is 0 Å². The Bertz CT molecular complexity index is 494. The van der Waals surface area contributed by atoms with Crippen molar-refractivity contribution in [3.05, 3.63) is 17.1 Å². The Morgan fingerprint density at radius 1 is 1.64 bits per heavy atom. The molecule has 0 atom stereocenters. The topological polar surface area (TPSA) is 78.1 Å². The second-order valence-corrected chi connectivity index (χ2v) is 3.42. The predicted molar refractivity (Wildman–Crippen MR) is 52.5 cm³/mol. The summed E-state index contributed by atoms with van der Waals surface area (Å²) in [6, 6.07) is 1.49. The molecule has 0 aliphatic carbocycles. The Balaban J connectivity index is 2.76. The maximum Gasteiger partial charge on any atom is 0.251 e. The SMILES string of the molecule is COc1cc(C(N)=O)c2ncsc2n1. The van der Waals surface area contributed by atoms with Crippen LogP contribution in [0.5, 0.6) is 5.88 Å². The minimum absolute atomic E-state index is 0.341. The number of nitrogens with two attached hydrogens (primary N) is 1. The van der Waals surface area contributed by atoms with Gasteiger partial charge in [0.2, 0.25) is 5.88 Å². The van der Waals surface area contributed by atoms with E-state index in [-0.39, 0.29) is 0 Å². The van der Waals surface area contributed by atoms with Gasteiger partial charge in [-0.15, -0.1) is 11.3 Å². The minimum Gasteiger partial charge on any atom is -0.481 e. The summed E-state index contributed by atoms with van der Waals surface area (Å²) in [4.78, 5) is 19.9. The lowest BCUT2D eigenvalue weighted by Gasteiger charge is -2.01. The van der Waals surface area contributed by atoms with Gasteiger partial charge in [-0.25, -0.2) is 9.97 Å². The third-order valence-electron chi connectivity index (χ3n) is 1.76. The molecule has 0 aromatic carbocycles. The van der Waals surface area contributed by atoms with Crippen LogP contribution in [0.25, 0.3) is 10.3 Å². The van der Waals surface area contributed by atoms with Gasteiger partial charge in [0, 0.05) is 6.07 Å². The van der Waals surface area contributed by atoms with Gasteiger partial charge in [0.15, 0.2) is 0 Å². The molecule has 14 heavy (non-hydrogen) atoms. The first-order chi connectivity index (χ1) is 6.72. The van der Waals surface area contributed by atoms with Gasteiger partial charge in [-0.05, 0) is 0 Å². The molecule has 0 aliphatic heterocycles. The average molecular weight is 209 g/mol. The number of methoxy groups -OCH3 is 1. The van der Waals surface area contributed by atoms with Crippen molar-refractivity contribution >= 4 is 27.6 Å². The Morgan fingerprint density at radius 2 is 2.43 bits per heavy atom. The molecule has 0 radical (unpaired) electrons. The first-order valence-electron chi connectivity index (χ1n) is 3.80. The van der Waals surface area contributed by atoms with E-state index in [0.29, 0.717) is 21.8 Å². The van der Waals surface area contributed by atoms with E-state index in [0.717, 1.165) is 0 Å². The number of fused-ring (bicyclic) bond motifs is 1. The molecule has 5 nitrogen and oxygen atoms in total. The lowest BCUT2D eigenvalue weighted by Crippen LogP contribution is -2.12. The molecule has 0 saturated heterocycles. The number of nitrogens with zero attached hydrogens (tertiary/aromatic N) is 2. The molecule has 0 bridgehead atoms. The number of amides is 1. The van der Waals surface area contributed by atoms with Gasteiger partial charge in [0.1, 0.15) is 10.3 Å². The third kappa shape index (κ3) is 1.29. The maximum absolute atomic E-state index is 11.1. The number of pyridine rings is 1. The number of primary amides is 1. The van der Waals surface area contributed by atoms with Crippen LogP contribution in [-0.4, -0.2) is 23.0 Å². The molecule has 2 heterocycles. The van der Waals surface area contributed by atoms with Crippen molar-refractivity contribution in [2.75, 3.05) is 7.11 Å². The lowest BCUT2D eigenvalue weighted by atomic mass is 10.2. The zero-order valence-corrected chi connectivity index (χ0v) is 8.17. The fourth-order valence-electron chi connectivity index (χ4n) is 1.12. The van der Waals surface area contributed by atoms with Crippen LogP contribution in [0.15, 0.2) is 11.6 Å². The summed E-state index contributed by atoms with van der Waals surface area (Å²) >= 11 is 1.34. The van der Waals surface area contributed by atoms with E-state index in [2.05, 4.69) is 9.97 Å². The van der Waals surface area contributed by atoms with E-state index in [9.17, 15) is 4.79 Å². The van der Waals surface area contributed by atoms with Crippen molar-refractivity contribution in [2.45, 2.75) is 0 Å². The molecule has 0 unspecified atom stereocenters. The van der Waals surface area contributed by atoms with Crippen LogP contribution in [0.1, 0.15) is 10.4 Å². The molecular weight excluding hydrogens is 202 g/mol. The quantitative estimate of drug-likeness (QED) is 0.793. The Labute approximate surface area is 83.5 Å². The van der Waals surface area contributed by atoms with Gasteiger partial charge >= 0.3 is 0 Å². The van der Waals surface area contributed by atoms with Crippen LogP contribution in [0, 0.1) is 0 Å². The summed E-state index contributed by atoms with van der Waals surface area (Å²) in [5.41, 5.74) is 7.69. The van der Waals surface area contributed by atoms with Crippen LogP contribution in [-0.2, 0) is 0 Å². The second kappa shape index (κ2) is 3.22. The minimum atomic E-state index is -0.526. The number of ether oxygens (including phenoxy) is 1. The Morgan fingerprint density at radius 3 is 3.07 bits per heavy atom. The first-order valence-corrected chi connectivity index (χ1v) is 4.68. The van der Waals surface area contributed by atoms with Crippen molar-refractivity contribution in [3.8, 4) is 5.88 Å². The largest absolute Gasteiger partial charge is 0.481 e. The lowest BCUT2D eigenvalue weighted by molar-refractivity contribution is 0.100. The van der Waals surface area contributed by atoms with Crippen molar-refractivity contribution in [3.63, 3.8) is 0 Å². The van der Waals surface area contributed by atoms with Crippen molar-refractivity contribution < 1.29 is 9.53 Å². The molecule has 0 aliphatic rings. The first kappa shape index (κ1) is 8.89. The number of hydrogen-bond acceptors (Lipinski definition) is 5. The number of hydrogen-bond donors (Lipinski definition) is 1. The van der Waals surface area contributed by atoms with Crippen LogP contribution < -0.4 is 10.5 Å². The smallest absolute Gasteiger partial charge is 0.251 e. The van der Waals surface area contributed by atoms with Crippen LogP contribution in [0.2, 0.25) is 0 Å². The van der Waals surface area contributed by atoms with E-state index in [1.165, 1.54) is 24.5 Å². The zero-order valence-electron chi connectivity index (χ0n) is 7.35. The molecule has 0 saturated carbocycles. The number of carbonyl (C=O) groups excluding carboxylic acids is 1. The molecule has 0 fully saturated rings. The number of thiazole rings is 1. The fraction of sp³-hybridized carbons (Fsp3) is 0.125. The molecule has 72 valence electrons. The highest BCUT2D eigenvalue weighted by Crippen LogP contribution is 2.23. The molecule has 2 rings (SSSR count). The van der Waals surface area contributed by atoms with Crippen molar-refractivity contribution in [1.82, 2.24) is 9.97 Å². The monoisotopic (exact) mass is 209 g/mol. The summed E-state index contributed by atoms with van der Waals surface area (Å²) in [5.74, 6) is -0.155. The third-order valence-corrected chi connectivity index (χ3v) is 2.48. The second-order valence-electron chi connectivity index (χ2n) is 2.58. The van der Waals surface area contributed by atoms with Gasteiger partial charge in [-0.2, -0.15) is 0 Å². The molecule has 0 spiro atoms. The summed E-state index contributed by atoms with van der Waals surface area (Å²) in [6.45, 7) is 0. The van der Waals surface area contributed by atoms with E-state index in [1.807, 2.05) is 0 Å². The molecule has 2 aromatic rings. The molecular formula is C8H7N3O2S. The van der Waals surface area contributed by atoms with Crippen molar-refractivity contribution in [1.29, 1.82) is 0 Å². The fourth-order valence-corrected chi connectivity index (χ4v) is 1.80. The summed E-state index contributed by atoms with van der Waals surface area (Å²) < 4.78 is 4.94. The maximum atomic E-state index is 11.1. The van der Waals surface area contributed by atoms with Gasteiger partial charge in [0.05, 0.1) is 18.2 Å². The highest BCUT2D eigenvalue weighted by Gasteiger charge is 2.12. The van der Waals surface area contributed by atoms with E-state index < -0.39 is 5.91 Å². The highest BCUT2D eigenvalue weighted by molar-refractivity contribution is 7.16. The van der Waals surface area contributed by atoms with E-state index >= 15 is 0 Å². The average Bonchev–Trinajstić information content (AvgIpc) is 2.63. The summed E-state index contributed by atoms with van der Waals surface area (Å²) in [7, 11) is 1.49. The molecule has 2 N–H and O–H groups in total. The van der Waals surface area contributed by atoms with E-state index in [4.69, 9.17) is 10.5 Å². The van der Waals surface area contributed by atoms with Gasteiger partial charge in [0.25, 0.3) is 5.91 Å². The number of rotatable bonds is 2. The van der Waals surface area contributed by atoms with Crippen LogP contribution in [0.3, 0.4) is 0 Å². The summed E-state index contributed by atoms with van der Waals surface area (Å²) in [5, 5.41) is 0. The Hall–Kier alpha value is -1.69. The molecule has 1 amide bonds. The summed E-state index contributed by atoms with van der Waals surface area (Å²) in [6.07, 6.45) is 0. The van der Waals surface area contributed by atoms with Gasteiger partial charge < -0.3 is 10.5 Å². The van der Waals surface area contributed by atoms with Gasteiger partial charge in [-0.3, -0.25) is 4.79 Å². The van der Waals surface area contributed by atoms with Crippen LogP contribution >= 0.6 is 11.3 Å². The Kier molecular flexibility index (Phi) is 2.05. The standard InChI is InChI=1S/C8H7N3O2S/c1-13-5-2-4(7(9)12)6-8(11-5)14-3-10-6/h2-3H,1H3,(H2,9,12). The van der Waals surface area contributed by atoms with Crippen molar-refractivity contribution in [2.24, 2.45) is 5.73 Å². The highest BCUT2D eigenvalue weighted by atomic mass is 32.1. The number of carbonyl (C=O) groups is 1. The van der Waals surface area contributed by atoms with E-state index in [1.54, 1.807) is 5.51 Å². The molecule has 6 heteroatoms.